The van der Waals surface area contributed by atoms with Crippen molar-refractivity contribution in [3.63, 3.8) is 0 Å². The molecule has 1 saturated carbocycles. The molecule has 0 spiro atoms. The van der Waals surface area contributed by atoms with E-state index in [1.54, 1.807) is 30.3 Å². The molecule has 5 nitrogen and oxygen atoms in total. The van der Waals surface area contributed by atoms with E-state index in [2.05, 4.69) is 5.32 Å². The third-order valence-corrected chi connectivity index (χ3v) is 3.85. The van der Waals surface area contributed by atoms with Crippen LogP contribution in [0.4, 0.5) is 0 Å². The van der Waals surface area contributed by atoms with E-state index in [0.29, 0.717) is 18.4 Å². The molecule has 4 N–H and O–H groups in total. The largest absolute Gasteiger partial charge is 0.479 e. The molecule has 0 heterocycles. The van der Waals surface area contributed by atoms with Gasteiger partial charge < -0.3 is 16.2 Å². The van der Waals surface area contributed by atoms with Gasteiger partial charge in [0.05, 0.1) is 5.54 Å². The topological polar surface area (TPSA) is 92.4 Å². The molecule has 0 radical (unpaired) electrons. The Bertz CT molecular complexity index is 481. The quantitative estimate of drug-likeness (QED) is 0.778. The first-order valence-corrected chi connectivity index (χ1v) is 6.90. The maximum atomic E-state index is 12.3. The molecule has 1 aliphatic rings. The third-order valence-electron chi connectivity index (χ3n) is 3.85. The van der Waals surface area contributed by atoms with Crippen LogP contribution < -0.4 is 11.1 Å². The molecule has 20 heavy (non-hydrogen) atoms. The molecular formula is C15H20N2O3. The number of aliphatic carboxylic acids is 1. The number of hydrogen-bond acceptors (Lipinski definition) is 3. The van der Waals surface area contributed by atoms with Gasteiger partial charge in [0.15, 0.2) is 6.04 Å². The predicted octanol–water partition coefficient (Wildman–Crippen LogP) is 1.59. The van der Waals surface area contributed by atoms with Crippen molar-refractivity contribution >= 4 is 11.9 Å². The average molecular weight is 276 g/mol. The lowest BCUT2D eigenvalue weighted by atomic mass is 9.81. The first-order valence-electron chi connectivity index (χ1n) is 6.90. The van der Waals surface area contributed by atoms with Gasteiger partial charge in [0, 0.05) is 0 Å². The second-order valence-electron chi connectivity index (χ2n) is 5.37. The van der Waals surface area contributed by atoms with E-state index < -0.39 is 17.6 Å². The summed E-state index contributed by atoms with van der Waals surface area (Å²) in [6.45, 7) is 0. The normalized spacial score (nSPS) is 19.1. The second-order valence-corrected chi connectivity index (χ2v) is 5.37. The lowest BCUT2D eigenvalue weighted by molar-refractivity contribution is -0.143. The standard InChI is InChI=1S/C15H20N2O3/c16-15(9-5-2-6-10-15)14(20)17-12(13(18)19)11-7-3-1-4-8-11/h1,3-4,7-8,12H,2,5-6,9-10,16H2,(H,17,20)(H,18,19). The zero-order chi connectivity index (χ0) is 14.6. The van der Waals surface area contributed by atoms with Crippen molar-refractivity contribution < 1.29 is 14.7 Å². The molecule has 1 fully saturated rings. The van der Waals surface area contributed by atoms with Gasteiger partial charge in [-0.15, -0.1) is 0 Å². The number of carboxylic acid groups (broad SMARTS) is 1. The molecule has 0 saturated heterocycles. The molecule has 1 atom stereocenters. The number of rotatable bonds is 4. The monoisotopic (exact) mass is 276 g/mol. The molecule has 5 heteroatoms. The number of hydrogen-bond donors (Lipinski definition) is 3. The maximum Gasteiger partial charge on any atom is 0.330 e. The third kappa shape index (κ3) is 3.17. The summed E-state index contributed by atoms with van der Waals surface area (Å²) in [5, 5.41) is 11.9. The fourth-order valence-corrected chi connectivity index (χ4v) is 2.62. The van der Waals surface area contributed by atoms with E-state index in [1.165, 1.54) is 0 Å². The smallest absolute Gasteiger partial charge is 0.330 e. The summed E-state index contributed by atoms with van der Waals surface area (Å²) >= 11 is 0. The van der Waals surface area contributed by atoms with Crippen molar-refractivity contribution in [1.29, 1.82) is 0 Å². The van der Waals surface area contributed by atoms with Gasteiger partial charge in [-0.1, -0.05) is 49.6 Å². The highest BCUT2D eigenvalue weighted by Gasteiger charge is 2.37. The van der Waals surface area contributed by atoms with Crippen molar-refractivity contribution in [3.8, 4) is 0 Å². The van der Waals surface area contributed by atoms with Crippen LogP contribution in [0.25, 0.3) is 0 Å². The number of nitrogens with one attached hydrogen (secondary N) is 1. The molecule has 0 aromatic heterocycles. The van der Waals surface area contributed by atoms with Crippen LogP contribution in [0.15, 0.2) is 30.3 Å². The molecule has 2 rings (SSSR count). The number of amides is 1. The molecule has 1 amide bonds. The highest BCUT2D eigenvalue weighted by Crippen LogP contribution is 2.27. The van der Waals surface area contributed by atoms with E-state index in [0.717, 1.165) is 19.3 Å². The molecule has 108 valence electrons. The van der Waals surface area contributed by atoms with Gasteiger partial charge in [-0.2, -0.15) is 0 Å². The second kappa shape index (κ2) is 6.05. The van der Waals surface area contributed by atoms with Crippen LogP contribution in [-0.4, -0.2) is 22.5 Å². The van der Waals surface area contributed by atoms with E-state index in [-0.39, 0.29) is 5.91 Å². The number of nitrogens with two attached hydrogens (primary N) is 1. The Morgan fingerprint density at radius 1 is 1.15 bits per heavy atom. The molecule has 1 aromatic carbocycles. The van der Waals surface area contributed by atoms with Crippen LogP contribution in [0.5, 0.6) is 0 Å². The summed E-state index contributed by atoms with van der Waals surface area (Å²) in [7, 11) is 0. The SMILES string of the molecule is NC1(C(=O)NC(C(=O)O)c2ccccc2)CCCCC1. The first kappa shape index (κ1) is 14.5. The molecule has 1 unspecified atom stereocenters. The number of carboxylic acids is 1. The highest BCUT2D eigenvalue weighted by atomic mass is 16.4. The van der Waals surface area contributed by atoms with Crippen molar-refractivity contribution in [2.45, 2.75) is 43.7 Å². The fourth-order valence-electron chi connectivity index (χ4n) is 2.62. The molecule has 0 aliphatic heterocycles. The molecular weight excluding hydrogens is 256 g/mol. The molecule has 1 aliphatic carbocycles. The summed E-state index contributed by atoms with van der Waals surface area (Å²) in [6, 6.07) is 7.61. The number of benzene rings is 1. The average Bonchev–Trinajstić information content (AvgIpc) is 2.45. The van der Waals surface area contributed by atoms with Gasteiger partial charge in [-0.25, -0.2) is 4.79 Å². The van der Waals surface area contributed by atoms with Crippen molar-refractivity contribution in [2.75, 3.05) is 0 Å². The van der Waals surface area contributed by atoms with Crippen LogP contribution in [0.2, 0.25) is 0 Å². The fraction of sp³-hybridized carbons (Fsp3) is 0.467. The Morgan fingerprint density at radius 2 is 1.75 bits per heavy atom. The van der Waals surface area contributed by atoms with E-state index >= 15 is 0 Å². The summed E-state index contributed by atoms with van der Waals surface area (Å²) in [5.41, 5.74) is 5.74. The highest BCUT2D eigenvalue weighted by molar-refractivity contribution is 5.90. The minimum absolute atomic E-state index is 0.367. The van der Waals surface area contributed by atoms with Crippen molar-refractivity contribution in [2.24, 2.45) is 5.73 Å². The first-order chi connectivity index (χ1) is 9.53. The van der Waals surface area contributed by atoms with E-state index in [4.69, 9.17) is 5.73 Å². The van der Waals surface area contributed by atoms with Gasteiger partial charge in [-0.3, -0.25) is 4.79 Å². The van der Waals surface area contributed by atoms with E-state index in [9.17, 15) is 14.7 Å². The Labute approximate surface area is 118 Å². The van der Waals surface area contributed by atoms with Crippen LogP contribution in [0.1, 0.15) is 43.7 Å². The van der Waals surface area contributed by atoms with Gasteiger partial charge in [0.2, 0.25) is 5.91 Å². The van der Waals surface area contributed by atoms with Crippen LogP contribution >= 0.6 is 0 Å². The van der Waals surface area contributed by atoms with Gasteiger partial charge in [0.25, 0.3) is 0 Å². The minimum Gasteiger partial charge on any atom is -0.479 e. The Balaban J connectivity index is 2.12. The van der Waals surface area contributed by atoms with Crippen molar-refractivity contribution in [1.82, 2.24) is 5.32 Å². The Hall–Kier alpha value is -1.88. The van der Waals surface area contributed by atoms with E-state index in [1.807, 2.05) is 0 Å². The van der Waals surface area contributed by atoms with Gasteiger partial charge in [-0.05, 0) is 18.4 Å². The van der Waals surface area contributed by atoms with Crippen LogP contribution in [-0.2, 0) is 9.59 Å². The van der Waals surface area contributed by atoms with Crippen molar-refractivity contribution in [3.05, 3.63) is 35.9 Å². The summed E-state index contributed by atoms with van der Waals surface area (Å²) < 4.78 is 0. The van der Waals surface area contributed by atoms with Crippen LogP contribution in [0.3, 0.4) is 0 Å². The summed E-state index contributed by atoms with van der Waals surface area (Å²) in [6.07, 6.45) is 4.12. The maximum absolute atomic E-state index is 12.3. The Kier molecular flexibility index (Phi) is 4.39. The lowest BCUT2D eigenvalue weighted by Gasteiger charge is -2.33. The zero-order valence-corrected chi connectivity index (χ0v) is 11.3. The van der Waals surface area contributed by atoms with Gasteiger partial charge in [0.1, 0.15) is 0 Å². The number of carbonyl (C=O) groups excluding carboxylic acids is 1. The molecule has 0 bridgehead atoms. The zero-order valence-electron chi connectivity index (χ0n) is 11.3. The lowest BCUT2D eigenvalue weighted by Crippen LogP contribution is -2.56. The predicted molar refractivity (Wildman–Crippen MR) is 75.0 cm³/mol. The minimum atomic E-state index is -1.08. The Morgan fingerprint density at radius 3 is 2.30 bits per heavy atom. The summed E-state index contributed by atoms with van der Waals surface area (Å²) in [4.78, 5) is 23.7. The summed E-state index contributed by atoms with van der Waals surface area (Å²) in [5.74, 6) is -1.45. The van der Waals surface area contributed by atoms with Crippen LogP contribution in [0, 0.1) is 0 Å². The van der Waals surface area contributed by atoms with Gasteiger partial charge >= 0.3 is 5.97 Å². The number of carbonyl (C=O) groups is 2. The molecule has 1 aromatic rings.